The molecular formula is C13H22N4O2. The van der Waals surface area contributed by atoms with Gasteiger partial charge in [0, 0.05) is 13.2 Å². The zero-order valence-corrected chi connectivity index (χ0v) is 11.3. The Morgan fingerprint density at radius 1 is 1.26 bits per heavy atom. The zero-order chi connectivity index (χ0) is 13.1. The first-order chi connectivity index (χ1) is 9.33. The van der Waals surface area contributed by atoms with Gasteiger partial charge in [-0.05, 0) is 45.2 Å². The van der Waals surface area contributed by atoms with Crippen LogP contribution in [0.2, 0.25) is 0 Å². The lowest BCUT2D eigenvalue weighted by molar-refractivity contribution is -0.00459. The minimum Gasteiger partial charge on any atom is -0.368 e. The van der Waals surface area contributed by atoms with Crippen LogP contribution in [0, 0.1) is 0 Å². The maximum absolute atomic E-state index is 6.15. The number of nitrogens with two attached hydrogens (primary N) is 1. The predicted molar refractivity (Wildman–Crippen MR) is 69.4 cm³/mol. The van der Waals surface area contributed by atoms with Crippen molar-refractivity contribution in [1.82, 2.24) is 15.0 Å². The number of hydrogen-bond donors (Lipinski definition) is 1. The molecule has 0 radical (unpaired) electrons. The smallest absolute Gasteiger partial charge is 0.255 e. The van der Waals surface area contributed by atoms with Crippen LogP contribution < -0.4 is 5.73 Å². The first kappa shape index (κ1) is 13.0. The van der Waals surface area contributed by atoms with Crippen molar-refractivity contribution in [2.24, 2.45) is 5.73 Å². The van der Waals surface area contributed by atoms with E-state index in [1.807, 2.05) is 0 Å². The van der Waals surface area contributed by atoms with E-state index in [1.54, 1.807) is 0 Å². The van der Waals surface area contributed by atoms with Crippen LogP contribution in [0.15, 0.2) is 4.52 Å². The average molecular weight is 266 g/mol. The molecule has 2 N–H and O–H groups in total. The van der Waals surface area contributed by atoms with Crippen molar-refractivity contribution in [3.63, 3.8) is 0 Å². The summed E-state index contributed by atoms with van der Waals surface area (Å²) in [5.74, 6) is 1.20. The van der Waals surface area contributed by atoms with Gasteiger partial charge < -0.3 is 19.9 Å². The molecule has 2 fully saturated rings. The van der Waals surface area contributed by atoms with Crippen LogP contribution in [-0.2, 0) is 4.74 Å². The highest BCUT2D eigenvalue weighted by Gasteiger charge is 2.25. The number of rotatable bonds is 4. The van der Waals surface area contributed by atoms with E-state index < -0.39 is 0 Å². The van der Waals surface area contributed by atoms with E-state index in [-0.39, 0.29) is 12.1 Å². The third-order valence-corrected chi connectivity index (χ3v) is 3.90. The summed E-state index contributed by atoms with van der Waals surface area (Å²) in [4.78, 5) is 6.78. The van der Waals surface area contributed by atoms with Gasteiger partial charge in [0.05, 0.1) is 6.04 Å². The Balaban J connectivity index is 1.59. The molecule has 2 atom stereocenters. The van der Waals surface area contributed by atoms with Crippen LogP contribution >= 0.6 is 0 Å². The van der Waals surface area contributed by atoms with Gasteiger partial charge in [-0.15, -0.1) is 0 Å². The zero-order valence-electron chi connectivity index (χ0n) is 11.3. The molecule has 0 bridgehead atoms. The third kappa shape index (κ3) is 3.13. The normalized spacial score (nSPS) is 26.7. The van der Waals surface area contributed by atoms with Crippen LogP contribution in [0.25, 0.3) is 0 Å². The average Bonchev–Trinajstić information content (AvgIpc) is 3.10. The largest absolute Gasteiger partial charge is 0.368 e. The van der Waals surface area contributed by atoms with E-state index in [0.29, 0.717) is 11.7 Å². The Morgan fingerprint density at radius 2 is 2.11 bits per heavy atom. The van der Waals surface area contributed by atoms with Crippen LogP contribution in [0.1, 0.15) is 56.0 Å². The molecule has 0 aliphatic carbocycles. The predicted octanol–water partition coefficient (Wildman–Crippen LogP) is 1.41. The molecule has 0 amide bonds. The Labute approximate surface area is 113 Å². The molecule has 1 aromatic heterocycles. The number of hydrogen-bond acceptors (Lipinski definition) is 6. The van der Waals surface area contributed by atoms with E-state index >= 15 is 0 Å². The fourth-order valence-electron chi connectivity index (χ4n) is 2.79. The van der Waals surface area contributed by atoms with Crippen molar-refractivity contribution in [2.45, 2.75) is 44.2 Å². The van der Waals surface area contributed by atoms with Gasteiger partial charge in [0.2, 0.25) is 0 Å². The van der Waals surface area contributed by atoms with E-state index in [0.717, 1.165) is 45.5 Å². The van der Waals surface area contributed by atoms with Gasteiger partial charge in [-0.3, -0.25) is 0 Å². The lowest BCUT2D eigenvalue weighted by Gasteiger charge is -2.19. The summed E-state index contributed by atoms with van der Waals surface area (Å²) in [7, 11) is 0. The summed E-state index contributed by atoms with van der Waals surface area (Å²) in [6.45, 7) is 3.85. The monoisotopic (exact) mass is 266 g/mol. The molecule has 2 aliphatic rings. The van der Waals surface area contributed by atoms with E-state index in [2.05, 4.69) is 15.0 Å². The molecule has 6 nitrogen and oxygen atoms in total. The SMILES string of the molecule is NC(CN1CCCC1)c1noc(C2CCCCO2)n1. The molecule has 2 saturated heterocycles. The van der Waals surface area contributed by atoms with Crippen molar-refractivity contribution in [2.75, 3.05) is 26.2 Å². The maximum Gasteiger partial charge on any atom is 0.255 e. The quantitative estimate of drug-likeness (QED) is 0.887. The molecule has 2 aliphatic heterocycles. The molecule has 0 aromatic carbocycles. The number of likely N-dealkylation sites (tertiary alicyclic amines) is 1. The molecule has 1 aromatic rings. The van der Waals surface area contributed by atoms with Crippen molar-refractivity contribution in [1.29, 1.82) is 0 Å². The summed E-state index contributed by atoms with van der Waals surface area (Å²) in [6.07, 6.45) is 5.73. The standard InChI is InChI=1S/C13H22N4O2/c14-10(9-17-6-2-3-7-17)12-15-13(19-16-12)11-5-1-4-8-18-11/h10-11H,1-9,14H2. The van der Waals surface area contributed by atoms with E-state index in [1.165, 1.54) is 12.8 Å². The van der Waals surface area contributed by atoms with E-state index in [9.17, 15) is 0 Å². The van der Waals surface area contributed by atoms with Gasteiger partial charge in [-0.2, -0.15) is 4.98 Å². The van der Waals surface area contributed by atoms with Crippen LogP contribution in [-0.4, -0.2) is 41.3 Å². The van der Waals surface area contributed by atoms with Gasteiger partial charge in [0.25, 0.3) is 5.89 Å². The fraction of sp³-hybridized carbons (Fsp3) is 0.846. The Morgan fingerprint density at radius 3 is 2.84 bits per heavy atom. The second kappa shape index (κ2) is 5.98. The Kier molecular flexibility index (Phi) is 4.10. The molecule has 2 unspecified atom stereocenters. The highest BCUT2D eigenvalue weighted by molar-refractivity contribution is 4.97. The maximum atomic E-state index is 6.15. The lowest BCUT2D eigenvalue weighted by atomic mass is 10.1. The van der Waals surface area contributed by atoms with Gasteiger partial charge in [0.1, 0.15) is 6.10 Å². The number of aromatic nitrogens is 2. The molecular weight excluding hydrogens is 244 g/mol. The van der Waals surface area contributed by atoms with Crippen molar-refractivity contribution >= 4 is 0 Å². The molecule has 3 heterocycles. The summed E-state index contributed by atoms with van der Waals surface area (Å²) in [5, 5.41) is 4.02. The third-order valence-electron chi connectivity index (χ3n) is 3.90. The summed E-state index contributed by atoms with van der Waals surface area (Å²) in [5.41, 5.74) is 6.15. The Hall–Kier alpha value is -0.980. The first-order valence-electron chi connectivity index (χ1n) is 7.26. The van der Waals surface area contributed by atoms with Crippen LogP contribution in [0.3, 0.4) is 0 Å². The second-order valence-electron chi connectivity index (χ2n) is 5.46. The van der Waals surface area contributed by atoms with Gasteiger partial charge in [0.15, 0.2) is 5.82 Å². The van der Waals surface area contributed by atoms with Crippen LogP contribution in [0.4, 0.5) is 0 Å². The summed E-state index contributed by atoms with van der Waals surface area (Å²) >= 11 is 0. The highest BCUT2D eigenvalue weighted by Crippen LogP contribution is 2.27. The topological polar surface area (TPSA) is 77.4 Å². The van der Waals surface area contributed by atoms with E-state index in [4.69, 9.17) is 15.0 Å². The molecule has 3 rings (SSSR count). The van der Waals surface area contributed by atoms with Crippen molar-refractivity contribution in [3.8, 4) is 0 Å². The summed E-state index contributed by atoms with van der Waals surface area (Å²) in [6, 6.07) is -0.167. The minimum absolute atomic E-state index is 0.0333. The molecule has 106 valence electrons. The van der Waals surface area contributed by atoms with Crippen LogP contribution in [0.5, 0.6) is 0 Å². The minimum atomic E-state index is -0.167. The van der Waals surface area contributed by atoms with Gasteiger partial charge in [-0.1, -0.05) is 5.16 Å². The van der Waals surface area contributed by atoms with Crippen molar-refractivity contribution in [3.05, 3.63) is 11.7 Å². The Bertz CT molecular complexity index is 397. The number of ether oxygens (including phenoxy) is 1. The molecule has 0 saturated carbocycles. The van der Waals surface area contributed by atoms with Gasteiger partial charge in [-0.25, -0.2) is 0 Å². The first-order valence-corrected chi connectivity index (χ1v) is 7.26. The lowest BCUT2D eigenvalue weighted by Crippen LogP contribution is -2.30. The highest BCUT2D eigenvalue weighted by atomic mass is 16.5. The fourth-order valence-corrected chi connectivity index (χ4v) is 2.79. The van der Waals surface area contributed by atoms with Gasteiger partial charge >= 0.3 is 0 Å². The van der Waals surface area contributed by atoms with Crippen molar-refractivity contribution < 1.29 is 9.26 Å². The number of nitrogens with zero attached hydrogens (tertiary/aromatic N) is 3. The summed E-state index contributed by atoms with van der Waals surface area (Å²) < 4.78 is 10.9. The second-order valence-corrected chi connectivity index (χ2v) is 5.46. The molecule has 19 heavy (non-hydrogen) atoms. The molecule has 6 heteroatoms. The molecule has 0 spiro atoms.